The maximum absolute atomic E-state index is 11.6. The molecule has 5 heteroatoms. The summed E-state index contributed by atoms with van der Waals surface area (Å²) in [6.45, 7) is 3.01. The maximum Gasteiger partial charge on any atom is 0.230 e. The van der Waals surface area contributed by atoms with E-state index >= 15 is 0 Å². The van der Waals surface area contributed by atoms with Gasteiger partial charge in [0, 0.05) is 6.92 Å². The highest BCUT2D eigenvalue weighted by Gasteiger charge is 2.14. The van der Waals surface area contributed by atoms with Gasteiger partial charge in [-0.05, 0) is 19.1 Å². The summed E-state index contributed by atoms with van der Waals surface area (Å²) in [6, 6.07) is 7.44. The molecule has 2 aromatic rings. The van der Waals surface area contributed by atoms with E-state index in [1.165, 1.54) is 25.6 Å². The average Bonchev–Trinajstić information content (AvgIpc) is 2.64. The molecule has 0 N–H and O–H groups in total. The fourth-order valence-corrected chi connectivity index (χ4v) is 2.42. The van der Waals surface area contributed by atoms with Crippen LogP contribution in [0.15, 0.2) is 29.4 Å². The first-order chi connectivity index (χ1) is 8.09. The van der Waals surface area contributed by atoms with Crippen LogP contribution in [0.5, 0.6) is 0 Å². The van der Waals surface area contributed by atoms with Crippen molar-refractivity contribution in [1.82, 2.24) is 9.55 Å². The molecule has 0 aliphatic carbocycles. The number of imidazole rings is 1. The lowest BCUT2D eigenvalue weighted by molar-refractivity contribution is -0.114. The number of rotatable bonds is 3. The van der Waals surface area contributed by atoms with Crippen molar-refractivity contribution in [3.63, 3.8) is 0 Å². The third-order valence-corrected chi connectivity index (χ3v) is 3.33. The summed E-state index contributed by atoms with van der Waals surface area (Å²) in [6.07, 6.45) is 0. The number of ketones is 1. The van der Waals surface area contributed by atoms with Gasteiger partial charge in [-0.25, -0.2) is 4.98 Å². The number of fused-ring (bicyclic) bond motifs is 1. The fraction of sp³-hybridized carbons (Fsp3) is 0.250. The zero-order chi connectivity index (χ0) is 12.4. The van der Waals surface area contributed by atoms with Crippen molar-refractivity contribution in [2.75, 3.05) is 5.75 Å². The van der Waals surface area contributed by atoms with Crippen LogP contribution in [0.3, 0.4) is 0 Å². The van der Waals surface area contributed by atoms with E-state index in [2.05, 4.69) is 4.98 Å². The Hall–Kier alpha value is -1.62. The monoisotopic (exact) mass is 248 g/mol. The Morgan fingerprint density at radius 2 is 2.00 bits per heavy atom. The van der Waals surface area contributed by atoms with E-state index in [1.54, 1.807) is 4.57 Å². The molecule has 4 nitrogen and oxygen atoms in total. The molecule has 0 saturated carbocycles. The highest BCUT2D eigenvalue weighted by atomic mass is 32.2. The SMILES string of the molecule is CC(=O)CSc1nc2ccccc2n1C(C)=O. The summed E-state index contributed by atoms with van der Waals surface area (Å²) in [5, 5.41) is 0.578. The number of carbonyl (C=O) groups excluding carboxylic acids is 2. The molecule has 1 aromatic heterocycles. The Bertz CT molecular complexity index is 589. The number of nitrogens with zero attached hydrogens (tertiary/aromatic N) is 2. The van der Waals surface area contributed by atoms with Gasteiger partial charge < -0.3 is 0 Å². The highest BCUT2D eigenvalue weighted by molar-refractivity contribution is 7.99. The van der Waals surface area contributed by atoms with E-state index in [1.807, 2.05) is 24.3 Å². The molecule has 0 aliphatic heterocycles. The summed E-state index contributed by atoms with van der Waals surface area (Å²) in [5.74, 6) is 0.304. The summed E-state index contributed by atoms with van der Waals surface area (Å²) in [7, 11) is 0. The van der Waals surface area contributed by atoms with Crippen LogP contribution < -0.4 is 0 Å². The lowest BCUT2D eigenvalue weighted by Gasteiger charge is -2.02. The minimum absolute atomic E-state index is 0.0668. The number of carbonyl (C=O) groups is 2. The molecule has 0 amide bonds. The molecule has 0 fully saturated rings. The molecule has 1 heterocycles. The number of aromatic nitrogens is 2. The van der Waals surface area contributed by atoms with Crippen LogP contribution in [0.2, 0.25) is 0 Å². The molecule has 88 valence electrons. The standard InChI is InChI=1S/C12H12N2O2S/c1-8(15)7-17-12-13-10-5-3-4-6-11(10)14(12)9(2)16/h3-6H,7H2,1-2H3. The average molecular weight is 248 g/mol. The molecule has 1 aromatic carbocycles. The van der Waals surface area contributed by atoms with Crippen LogP contribution in [0.1, 0.15) is 18.6 Å². The second-order valence-corrected chi connectivity index (χ2v) is 4.67. The molecule has 0 spiro atoms. The van der Waals surface area contributed by atoms with Gasteiger partial charge in [0.05, 0.1) is 16.8 Å². The Balaban J connectivity index is 2.50. The molecule has 0 aliphatic rings. The molecule has 2 rings (SSSR count). The van der Waals surface area contributed by atoms with E-state index in [0.717, 1.165) is 11.0 Å². The fourth-order valence-electron chi connectivity index (χ4n) is 1.57. The largest absolute Gasteiger partial charge is 0.299 e. The van der Waals surface area contributed by atoms with Crippen molar-refractivity contribution in [1.29, 1.82) is 0 Å². The van der Waals surface area contributed by atoms with Crippen LogP contribution in [0, 0.1) is 0 Å². The number of hydrogen-bond acceptors (Lipinski definition) is 4. The predicted octanol–water partition coefficient (Wildman–Crippen LogP) is 2.38. The number of thioether (sulfide) groups is 1. The lowest BCUT2D eigenvalue weighted by Crippen LogP contribution is -2.07. The Kier molecular flexibility index (Phi) is 3.28. The quantitative estimate of drug-likeness (QED) is 0.782. The Labute approximate surface area is 103 Å². The van der Waals surface area contributed by atoms with E-state index in [9.17, 15) is 9.59 Å². The zero-order valence-electron chi connectivity index (χ0n) is 9.64. The highest BCUT2D eigenvalue weighted by Crippen LogP contribution is 2.23. The van der Waals surface area contributed by atoms with Gasteiger partial charge >= 0.3 is 0 Å². The topological polar surface area (TPSA) is 52.0 Å². The third-order valence-electron chi connectivity index (χ3n) is 2.25. The first-order valence-electron chi connectivity index (χ1n) is 5.20. The minimum atomic E-state index is -0.0928. The van der Waals surface area contributed by atoms with Crippen LogP contribution in [0.4, 0.5) is 0 Å². The number of benzene rings is 1. The van der Waals surface area contributed by atoms with E-state index in [-0.39, 0.29) is 11.7 Å². The lowest BCUT2D eigenvalue weighted by atomic mass is 10.3. The van der Waals surface area contributed by atoms with Gasteiger partial charge in [0.25, 0.3) is 0 Å². The maximum atomic E-state index is 11.6. The number of Topliss-reactive ketones (excluding diaryl/α,β-unsaturated/α-hetero) is 1. The van der Waals surface area contributed by atoms with Crippen molar-refractivity contribution in [2.45, 2.75) is 19.0 Å². The second-order valence-electron chi connectivity index (χ2n) is 3.73. The zero-order valence-corrected chi connectivity index (χ0v) is 10.5. The molecular weight excluding hydrogens is 236 g/mol. The second kappa shape index (κ2) is 4.71. The van der Waals surface area contributed by atoms with Crippen molar-refractivity contribution in [3.8, 4) is 0 Å². The van der Waals surface area contributed by atoms with Crippen molar-refractivity contribution < 1.29 is 9.59 Å². The van der Waals surface area contributed by atoms with Gasteiger partial charge in [0.2, 0.25) is 5.91 Å². The van der Waals surface area contributed by atoms with Crippen LogP contribution >= 0.6 is 11.8 Å². The predicted molar refractivity (Wildman–Crippen MR) is 67.4 cm³/mol. The van der Waals surface area contributed by atoms with Gasteiger partial charge in [0.15, 0.2) is 5.16 Å². The van der Waals surface area contributed by atoms with Gasteiger partial charge in [-0.2, -0.15) is 0 Å². The summed E-state index contributed by atoms with van der Waals surface area (Å²) in [5.41, 5.74) is 1.56. The summed E-state index contributed by atoms with van der Waals surface area (Å²) >= 11 is 1.29. The first-order valence-corrected chi connectivity index (χ1v) is 6.19. The van der Waals surface area contributed by atoms with Crippen LogP contribution in [-0.4, -0.2) is 27.0 Å². The van der Waals surface area contributed by atoms with E-state index < -0.39 is 0 Å². The molecule has 0 atom stereocenters. The molecule has 0 bridgehead atoms. The summed E-state index contributed by atoms with van der Waals surface area (Å²) in [4.78, 5) is 26.9. The number of para-hydroxylation sites is 2. The Morgan fingerprint density at radius 1 is 1.29 bits per heavy atom. The van der Waals surface area contributed by atoms with Gasteiger partial charge in [-0.15, -0.1) is 0 Å². The van der Waals surface area contributed by atoms with Crippen molar-refractivity contribution in [2.24, 2.45) is 0 Å². The molecule has 0 radical (unpaired) electrons. The Morgan fingerprint density at radius 3 is 2.65 bits per heavy atom. The van der Waals surface area contributed by atoms with Gasteiger partial charge in [-0.3, -0.25) is 14.2 Å². The van der Waals surface area contributed by atoms with Gasteiger partial charge in [0.1, 0.15) is 5.78 Å². The summed E-state index contributed by atoms with van der Waals surface area (Å²) < 4.78 is 1.54. The smallest absolute Gasteiger partial charge is 0.230 e. The minimum Gasteiger partial charge on any atom is -0.299 e. The van der Waals surface area contributed by atoms with Crippen LogP contribution in [-0.2, 0) is 4.79 Å². The molecule has 0 unspecified atom stereocenters. The first kappa shape index (κ1) is 11.9. The van der Waals surface area contributed by atoms with Crippen molar-refractivity contribution in [3.05, 3.63) is 24.3 Å². The van der Waals surface area contributed by atoms with E-state index in [4.69, 9.17) is 0 Å². The normalized spacial score (nSPS) is 10.7. The molecular formula is C12H12N2O2S. The number of hydrogen-bond donors (Lipinski definition) is 0. The van der Waals surface area contributed by atoms with Crippen LogP contribution in [0.25, 0.3) is 11.0 Å². The molecule has 0 saturated heterocycles. The van der Waals surface area contributed by atoms with Crippen molar-refractivity contribution >= 4 is 34.5 Å². The van der Waals surface area contributed by atoms with Gasteiger partial charge in [-0.1, -0.05) is 23.9 Å². The van der Waals surface area contributed by atoms with E-state index in [0.29, 0.717) is 10.9 Å². The molecule has 17 heavy (non-hydrogen) atoms. The third kappa shape index (κ3) is 2.39.